The van der Waals surface area contributed by atoms with E-state index >= 15 is 0 Å². The molecule has 0 aromatic heterocycles. The van der Waals surface area contributed by atoms with Crippen molar-refractivity contribution in [1.29, 1.82) is 0 Å². The van der Waals surface area contributed by atoms with E-state index in [0.29, 0.717) is 6.54 Å². The Labute approximate surface area is 125 Å². The van der Waals surface area contributed by atoms with Crippen molar-refractivity contribution in [2.45, 2.75) is 26.3 Å². The molecule has 0 radical (unpaired) electrons. The molecule has 114 valence electrons. The van der Waals surface area contributed by atoms with E-state index in [9.17, 15) is 9.59 Å². The molecule has 0 saturated heterocycles. The number of benzene rings is 1. The molecule has 2 amide bonds. The van der Waals surface area contributed by atoms with Gasteiger partial charge in [0.25, 0.3) is 5.91 Å². The van der Waals surface area contributed by atoms with Gasteiger partial charge >= 0.3 is 0 Å². The van der Waals surface area contributed by atoms with Crippen molar-refractivity contribution in [3.63, 3.8) is 0 Å². The van der Waals surface area contributed by atoms with Crippen LogP contribution in [0.5, 0.6) is 0 Å². The van der Waals surface area contributed by atoms with Crippen LogP contribution in [0.3, 0.4) is 0 Å². The third-order valence-electron chi connectivity index (χ3n) is 3.76. The second-order valence-corrected chi connectivity index (χ2v) is 5.27. The number of fused-ring (bicyclic) bond motifs is 1. The van der Waals surface area contributed by atoms with Gasteiger partial charge in [-0.3, -0.25) is 9.59 Å². The largest absolute Gasteiger partial charge is 0.358 e. The Morgan fingerprint density at radius 2 is 2.19 bits per heavy atom. The Kier molecular flexibility index (Phi) is 5.33. The number of likely N-dealkylation sites (N-methyl/N-ethyl adjacent to an activating group) is 1. The summed E-state index contributed by atoms with van der Waals surface area (Å²) in [6, 6.07) is 5.85. The van der Waals surface area contributed by atoms with E-state index in [2.05, 4.69) is 16.7 Å². The van der Waals surface area contributed by atoms with E-state index in [1.54, 1.807) is 11.9 Å². The Morgan fingerprint density at radius 1 is 1.38 bits per heavy atom. The Bertz CT molecular complexity index is 528. The molecule has 5 nitrogen and oxygen atoms in total. The van der Waals surface area contributed by atoms with Crippen molar-refractivity contribution in [3.05, 3.63) is 34.9 Å². The number of nitrogens with one attached hydrogen (secondary N) is 2. The highest BCUT2D eigenvalue weighted by atomic mass is 16.2. The second kappa shape index (κ2) is 7.22. The van der Waals surface area contributed by atoms with Gasteiger partial charge in [-0.05, 0) is 36.6 Å². The smallest absolute Gasteiger partial charge is 0.254 e. The van der Waals surface area contributed by atoms with Gasteiger partial charge < -0.3 is 15.5 Å². The molecule has 0 unspecified atom stereocenters. The van der Waals surface area contributed by atoms with E-state index in [-0.39, 0.29) is 18.4 Å². The van der Waals surface area contributed by atoms with Crippen molar-refractivity contribution in [3.8, 4) is 0 Å². The Morgan fingerprint density at radius 3 is 2.90 bits per heavy atom. The summed E-state index contributed by atoms with van der Waals surface area (Å²) in [4.78, 5) is 26.0. The van der Waals surface area contributed by atoms with Crippen LogP contribution in [0, 0.1) is 0 Å². The van der Waals surface area contributed by atoms with Gasteiger partial charge in [-0.15, -0.1) is 0 Å². The molecule has 2 rings (SSSR count). The minimum absolute atomic E-state index is 0.0424. The van der Waals surface area contributed by atoms with Crippen molar-refractivity contribution in [1.82, 2.24) is 15.5 Å². The van der Waals surface area contributed by atoms with Gasteiger partial charge in [-0.25, -0.2) is 0 Å². The first-order chi connectivity index (χ1) is 10.2. The van der Waals surface area contributed by atoms with E-state index in [1.165, 1.54) is 5.56 Å². The summed E-state index contributed by atoms with van der Waals surface area (Å²) in [5.41, 5.74) is 3.05. The van der Waals surface area contributed by atoms with E-state index in [0.717, 1.165) is 37.1 Å². The lowest BCUT2D eigenvalue weighted by Gasteiger charge is -2.25. The minimum atomic E-state index is -0.136. The van der Waals surface area contributed by atoms with Crippen LogP contribution in [-0.2, 0) is 17.8 Å². The van der Waals surface area contributed by atoms with Gasteiger partial charge in [0.15, 0.2) is 0 Å². The lowest BCUT2D eigenvalue weighted by molar-refractivity contribution is -0.121. The lowest BCUT2D eigenvalue weighted by Crippen LogP contribution is -2.40. The third-order valence-corrected chi connectivity index (χ3v) is 3.76. The molecule has 1 aliphatic heterocycles. The first-order valence-corrected chi connectivity index (χ1v) is 7.48. The van der Waals surface area contributed by atoms with Gasteiger partial charge in [-0.2, -0.15) is 0 Å². The van der Waals surface area contributed by atoms with Gasteiger partial charge in [0, 0.05) is 25.7 Å². The first kappa shape index (κ1) is 15.5. The molecule has 0 bridgehead atoms. The zero-order valence-electron chi connectivity index (χ0n) is 12.7. The molecule has 1 aromatic rings. The summed E-state index contributed by atoms with van der Waals surface area (Å²) in [7, 11) is 1.59. The summed E-state index contributed by atoms with van der Waals surface area (Å²) in [6.07, 6.45) is 1.69. The van der Waals surface area contributed by atoms with E-state index < -0.39 is 0 Å². The van der Waals surface area contributed by atoms with Crippen LogP contribution < -0.4 is 10.6 Å². The molecular formula is C16H23N3O2. The topological polar surface area (TPSA) is 61.4 Å². The number of amides is 2. The molecule has 0 fully saturated rings. The number of nitrogens with zero attached hydrogens (tertiary/aromatic N) is 1. The molecule has 0 atom stereocenters. The van der Waals surface area contributed by atoms with Crippen LogP contribution in [0.4, 0.5) is 0 Å². The van der Waals surface area contributed by atoms with Crippen LogP contribution in [0.15, 0.2) is 18.2 Å². The number of hydrogen-bond donors (Lipinski definition) is 2. The summed E-state index contributed by atoms with van der Waals surface area (Å²) < 4.78 is 0. The van der Waals surface area contributed by atoms with Crippen LogP contribution in [-0.4, -0.2) is 43.4 Å². The maximum absolute atomic E-state index is 12.8. The zero-order valence-corrected chi connectivity index (χ0v) is 12.7. The summed E-state index contributed by atoms with van der Waals surface area (Å²) in [5.74, 6) is -0.178. The predicted octanol–water partition coefficient (Wildman–Crippen LogP) is 0.930. The highest BCUT2D eigenvalue weighted by Gasteiger charge is 2.22. The average Bonchev–Trinajstić information content (AvgIpc) is 2.53. The minimum Gasteiger partial charge on any atom is -0.358 e. The van der Waals surface area contributed by atoms with E-state index in [4.69, 9.17) is 0 Å². The van der Waals surface area contributed by atoms with Crippen LogP contribution >= 0.6 is 0 Å². The first-order valence-electron chi connectivity index (χ1n) is 7.48. The molecule has 5 heteroatoms. The third kappa shape index (κ3) is 3.61. The molecule has 0 aliphatic carbocycles. The fourth-order valence-electron chi connectivity index (χ4n) is 2.68. The maximum Gasteiger partial charge on any atom is 0.254 e. The summed E-state index contributed by atoms with van der Waals surface area (Å²) in [5, 5.41) is 5.89. The molecule has 1 heterocycles. The molecule has 2 N–H and O–H groups in total. The molecule has 1 aliphatic rings. The number of carbonyl (C=O) groups is 2. The van der Waals surface area contributed by atoms with Crippen molar-refractivity contribution in [2.75, 3.05) is 26.7 Å². The lowest BCUT2D eigenvalue weighted by atomic mass is 9.94. The summed E-state index contributed by atoms with van der Waals surface area (Å²) >= 11 is 0. The van der Waals surface area contributed by atoms with Crippen LogP contribution in [0.2, 0.25) is 0 Å². The molecule has 1 aromatic carbocycles. The average molecular weight is 289 g/mol. The number of rotatable bonds is 5. The van der Waals surface area contributed by atoms with Crippen LogP contribution in [0.1, 0.15) is 34.8 Å². The van der Waals surface area contributed by atoms with Gasteiger partial charge in [0.2, 0.25) is 5.91 Å². The molecule has 0 spiro atoms. The molecule has 21 heavy (non-hydrogen) atoms. The van der Waals surface area contributed by atoms with Crippen LogP contribution in [0.25, 0.3) is 0 Å². The Hall–Kier alpha value is -1.88. The van der Waals surface area contributed by atoms with Gasteiger partial charge in [-0.1, -0.05) is 19.1 Å². The molecular weight excluding hydrogens is 266 g/mol. The van der Waals surface area contributed by atoms with Gasteiger partial charge in [0.1, 0.15) is 0 Å². The zero-order chi connectivity index (χ0) is 15.2. The maximum atomic E-state index is 12.8. The SMILES string of the molecule is CCCN(CC(=O)NC)C(=O)c1cccc2c1CCNC2. The van der Waals surface area contributed by atoms with E-state index in [1.807, 2.05) is 19.1 Å². The van der Waals surface area contributed by atoms with Crippen molar-refractivity contribution in [2.24, 2.45) is 0 Å². The number of carbonyl (C=O) groups excluding carboxylic acids is 2. The predicted molar refractivity (Wildman–Crippen MR) is 82.1 cm³/mol. The monoisotopic (exact) mass is 289 g/mol. The molecule has 0 saturated carbocycles. The van der Waals surface area contributed by atoms with Gasteiger partial charge in [0.05, 0.1) is 6.54 Å². The second-order valence-electron chi connectivity index (χ2n) is 5.27. The number of hydrogen-bond acceptors (Lipinski definition) is 3. The van der Waals surface area contributed by atoms with Crippen molar-refractivity contribution >= 4 is 11.8 Å². The van der Waals surface area contributed by atoms with Crippen molar-refractivity contribution < 1.29 is 9.59 Å². The highest BCUT2D eigenvalue weighted by molar-refractivity contribution is 5.98. The highest BCUT2D eigenvalue weighted by Crippen LogP contribution is 2.20. The fourth-order valence-corrected chi connectivity index (χ4v) is 2.68. The normalized spacial score (nSPS) is 13.4. The Balaban J connectivity index is 2.26. The standard InChI is InChI=1S/C16H23N3O2/c1-3-9-19(11-15(20)17-2)16(21)14-6-4-5-12-10-18-8-7-13(12)14/h4-6,18H,3,7-11H2,1-2H3,(H,17,20). The summed E-state index contributed by atoms with van der Waals surface area (Å²) in [6.45, 7) is 4.41. The quantitative estimate of drug-likeness (QED) is 0.848. The fraction of sp³-hybridized carbons (Fsp3) is 0.500.